The Morgan fingerprint density at radius 2 is 2.23 bits per heavy atom. The zero-order valence-electron chi connectivity index (χ0n) is 13.2. The van der Waals surface area contributed by atoms with Crippen LogP contribution in [0.1, 0.15) is 44.0 Å². The zero-order chi connectivity index (χ0) is 15.5. The van der Waals surface area contributed by atoms with E-state index in [0.717, 1.165) is 33.8 Å². The van der Waals surface area contributed by atoms with Gasteiger partial charge in [-0.15, -0.1) is 11.3 Å². The first kappa shape index (κ1) is 15.3. The van der Waals surface area contributed by atoms with Crippen molar-refractivity contribution in [2.75, 3.05) is 11.4 Å². The third-order valence-corrected chi connectivity index (χ3v) is 5.00. The molecule has 1 atom stereocenters. The van der Waals surface area contributed by atoms with Crippen molar-refractivity contribution >= 4 is 33.3 Å². The van der Waals surface area contributed by atoms with Gasteiger partial charge in [-0.1, -0.05) is 26.2 Å². The Kier molecular flexibility index (Phi) is 4.62. The number of amides is 1. The van der Waals surface area contributed by atoms with Gasteiger partial charge < -0.3 is 4.74 Å². The van der Waals surface area contributed by atoms with Gasteiger partial charge in [-0.3, -0.25) is 4.90 Å². The molecule has 1 amide bonds. The number of cyclic esters (lactones) is 1. The second kappa shape index (κ2) is 6.65. The van der Waals surface area contributed by atoms with Gasteiger partial charge in [0, 0.05) is 5.69 Å². The Labute approximate surface area is 135 Å². The van der Waals surface area contributed by atoms with Crippen LogP contribution in [-0.2, 0) is 4.74 Å². The molecule has 0 bridgehead atoms. The summed E-state index contributed by atoms with van der Waals surface area (Å²) in [5.74, 6) is 0. The first-order chi connectivity index (χ1) is 10.7. The van der Waals surface area contributed by atoms with E-state index in [1.807, 2.05) is 25.1 Å². The van der Waals surface area contributed by atoms with E-state index in [-0.39, 0.29) is 12.2 Å². The van der Waals surface area contributed by atoms with E-state index >= 15 is 0 Å². The molecule has 0 saturated carbocycles. The lowest BCUT2D eigenvalue weighted by Crippen LogP contribution is -2.24. The average molecular weight is 318 g/mol. The van der Waals surface area contributed by atoms with Gasteiger partial charge in [0.05, 0.1) is 21.8 Å². The monoisotopic (exact) mass is 318 g/mol. The number of rotatable bonds is 6. The molecule has 1 fully saturated rings. The number of hydrogen-bond donors (Lipinski definition) is 0. The second-order valence-corrected chi connectivity index (χ2v) is 7.09. The molecule has 2 aromatic rings. The summed E-state index contributed by atoms with van der Waals surface area (Å²) in [5, 5.41) is 1.05. The van der Waals surface area contributed by atoms with E-state index in [2.05, 4.69) is 11.9 Å². The van der Waals surface area contributed by atoms with Gasteiger partial charge >= 0.3 is 6.09 Å². The van der Waals surface area contributed by atoms with E-state index in [1.165, 1.54) is 19.3 Å². The Bertz CT molecular complexity index is 668. The molecule has 22 heavy (non-hydrogen) atoms. The summed E-state index contributed by atoms with van der Waals surface area (Å²) < 4.78 is 6.65. The van der Waals surface area contributed by atoms with Crippen molar-refractivity contribution in [1.82, 2.24) is 4.98 Å². The summed E-state index contributed by atoms with van der Waals surface area (Å²) in [4.78, 5) is 18.3. The van der Waals surface area contributed by atoms with Gasteiger partial charge in [0.2, 0.25) is 0 Å². The minimum Gasteiger partial charge on any atom is -0.444 e. The van der Waals surface area contributed by atoms with Crippen molar-refractivity contribution in [1.29, 1.82) is 0 Å². The number of fused-ring (bicyclic) bond motifs is 1. The lowest BCUT2D eigenvalue weighted by atomic mass is 10.1. The number of ether oxygens (including phenoxy) is 1. The van der Waals surface area contributed by atoms with Crippen LogP contribution in [0.3, 0.4) is 0 Å². The van der Waals surface area contributed by atoms with Crippen LogP contribution in [-0.4, -0.2) is 23.7 Å². The maximum atomic E-state index is 12.1. The highest BCUT2D eigenvalue weighted by Crippen LogP contribution is 2.29. The number of unbranched alkanes of at least 4 members (excludes halogenated alkanes) is 3. The van der Waals surface area contributed by atoms with Gasteiger partial charge in [-0.05, 0) is 38.0 Å². The van der Waals surface area contributed by atoms with Crippen LogP contribution >= 0.6 is 11.3 Å². The molecular weight excluding hydrogens is 296 g/mol. The van der Waals surface area contributed by atoms with Crippen molar-refractivity contribution in [3.8, 4) is 0 Å². The SMILES string of the molecule is CCCCCCC1CN(c2ccc3sc(C)nc3c2)C(=O)O1. The Morgan fingerprint density at radius 1 is 1.36 bits per heavy atom. The van der Waals surface area contributed by atoms with Crippen molar-refractivity contribution in [3.63, 3.8) is 0 Å². The summed E-state index contributed by atoms with van der Waals surface area (Å²) >= 11 is 1.67. The van der Waals surface area contributed by atoms with Crippen molar-refractivity contribution in [3.05, 3.63) is 23.2 Å². The third-order valence-electron chi connectivity index (χ3n) is 4.04. The fourth-order valence-corrected chi connectivity index (χ4v) is 3.69. The van der Waals surface area contributed by atoms with E-state index in [4.69, 9.17) is 4.74 Å². The predicted octanol–water partition coefficient (Wildman–Crippen LogP) is 4.90. The van der Waals surface area contributed by atoms with E-state index in [0.29, 0.717) is 6.54 Å². The minimum absolute atomic E-state index is 0.0252. The molecule has 1 aliphatic heterocycles. The molecule has 4 nitrogen and oxygen atoms in total. The number of aryl methyl sites for hydroxylation is 1. The van der Waals surface area contributed by atoms with Crippen LogP contribution < -0.4 is 4.90 Å². The molecule has 0 N–H and O–H groups in total. The zero-order valence-corrected chi connectivity index (χ0v) is 14.0. The largest absolute Gasteiger partial charge is 0.444 e. The highest BCUT2D eigenvalue weighted by molar-refractivity contribution is 7.18. The van der Waals surface area contributed by atoms with Crippen LogP contribution in [0.4, 0.5) is 10.5 Å². The molecule has 1 unspecified atom stereocenters. The van der Waals surface area contributed by atoms with Gasteiger partial charge in [0.1, 0.15) is 6.10 Å². The van der Waals surface area contributed by atoms with Crippen LogP contribution in [0.25, 0.3) is 10.2 Å². The normalized spacial score (nSPS) is 18.2. The molecule has 118 valence electrons. The number of hydrogen-bond acceptors (Lipinski definition) is 4. The maximum Gasteiger partial charge on any atom is 0.414 e. The topological polar surface area (TPSA) is 42.4 Å². The number of carbonyl (C=O) groups is 1. The summed E-state index contributed by atoms with van der Waals surface area (Å²) in [7, 11) is 0. The molecule has 3 rings (SSSR count). The number of thiazole rings is 1. The average Bonchev–Trinajstić information content (AvgIpc) is 3.04. The van der Waals surface area contributed by atoms with Crippen LogP contribution in [0.2, 0.25) is 0 Å². The second-order valence-electron chi connectivity index (χ2n) is 5.85. The van der Waals surface area contributed by atoms with E-state index in [1.54, 1.807) is 16.2 Å². The van der Waals surface area contributed by atoms with Gasteiger partial charge in [-0.2, -0.15) is 0 Å². The van der Waals surface area contributed by atoms with Gasteiger partial charge in [0.15, 0.2) is 0 Å². The highest BCUT2D eigenvalue weighted by atomic mass is 32.1. The number of carbonyl (C=O) groups excluding carboxylic acids is 1. The molecule has 1 aliphatic rings. The minimum atomic E-state index is -0.230. The molecule has 0 radical (unpaired) electrons. The molecule has 1 aromatic carbocycles. The molecule has 1 saturated heterocycles. The fraction of sp³-hybridized carbons (Fsp3) is 0.529. The molecule has 5 heteroatoms. The fourth-order valence-electron chi connectivity index (χ4n) is 2.88. The Balaban J connectivity index is 1.66. The van der Waals surface area contributed by atoms with Gasteiger partial charge in [-0.25, -0.2) is 9.78 Å². The van der Waals surface area contributed by atoms with E-state index in [9.17, 15) is 4.79 Å². The molecule has 1 aromatic heterocycles. The Hall–Kier alpha value is -1.62. The number of aromatic nitrogens is 1. The maximum absolute atomic E-state index is 12.1. The van der Waals surface area contributed by atoms with Crippen molar-refractivity contribution in [2.24, 2.45) is 0 Å². The van der Waals surface area contributed by atoms with E-state index < -0.39 is 0 Å². The number of benzene rings is 1. The number of anilines is 1. The first-order valence-electron chi connectivity index (χ1n) is 8.02. The summed E-state index contributed by atoms with van der Waals surface area (Å²) in [6, 6.07) is 6.01. The van der Waals surface area contributed by atoms with Crippen molar-refractivity contribution in [2.45, 2.75) is 52.1 Å². The molecular formula is C17H22N2O2S. The molecule has 0 spiro atoms. The summed E-state index contributed by atoms with van der Waals surface area (Å²) in [5.41, 5.74) is 1.85. The lowest BCUT2D eigenvalue weighted by molar-refractivity contribution is 0.135. The quantitative estimate of drug-likeness (QED) is 0.711. The summed E-state index contributed by atoms with van der Waals surface area (Å²) in [6.45, 7) is 4.86. The lowest BCUT2D eigenvalue weighted by Gasteiger charge is -2.12. The molecule has 0 aliphatic carbocycles. The van der Waals surface area contributed by atoms with Crippen molar-refractivity contribution < 1.29 is 9.53 Å². The highest BCUT2D eigenvalue weighted by Gasteiger charge is 2.32. The van der Waals surface area contributed by atoms with Gasteiger partial charge in [0.25, 0.3) is 0 Å². The third kappa shape index (κ3) is 3.24. The summed E-state index contributed by atoms with van der Waals surface area (Å²) in [6.07, 6.45) is 5.58. The predicted molar refractivity (Wildman–Crippen MR) is 90.7 cm³/mol. The van der Waals surface area contributed by atoms with Crippen LogP contribution in [0.5, 0.6) is 0 Å². The standard InChI is InChI=1S/C17H22N2O2S/c1-3-4-5-6-7-14-11-19(17(20)21-14)13-8-9-16-15(10-13)18-12(2)22-16/h8-10,14H,3-7,11H2,1-2H3. The number of nitrogens with zero attached hydrogens (tertiary/aromatic N) is 2. The Morgan fingerprint density at radius 3 is 3.05 bits per heavy atom. The van der Waals surface area contributed by atoms with Crippen LogP contribution in [0, 0.1) is 6.92 Å². The molecule has 2 heterocycles. The van der Waals surface area contributed by atoms with Crippen LogP contribution in [0.15, 0.2) is 18.2 Å². The first-order valence-corrected chi connectivity index (χ1v) is 8.84. The smallest absolute Gasteiger partial charge is 0.414 e.